The van der Waals surface area contributed by atoms with Gasteiger partial charge in [0.2, 0.25) is 11.1 Å². The third-order valence-electron chi connectivity index (χ3n) is 5.11. The van der Waals surface area contributed by atoms with Crippen LogP contribution in [-0.2, 0) is 4.79 Å². The standard InChI is InChI=1S/C19H27N5O2S/c1-13(18(25)23(2)15-7-5-4-6-8-15)27-19-22-21-17(24(19)20)14-9-11-16(26-3)12-10-14/h9-13,15H,4-8,20H2,1-3H3/t13-/m1/s1. The Morgan fingerprint density at radius 2 is 1.93 bits per heavy atom. The van der Waals surface area contributed by atoms with E-state index in [0.29, 0.717) is 17.0 Å². The van der Waals surface area contributed by atoms with Crippen molar-refractivity contribution < 1.29 is 9.53 Å². The Morgan fingerprint density at radius 3 is 2.56 bits per heavy atom. The molecule has 1 heterocycles. The van der Waals surface area contributed by atoms with Crippen molar-refractivity contribution in [2.45, 2.75) is 55.5 Å². The van der Waals surface area contributed by atoms with Gasteiger partial charge in [-0.1, -0.05) is 31.0 Å². The summed E-state index contributed by atoms with van der Waals surface area (Å²) in [6.07, 6.45) is 5.86. The number of nitrogen functional groups attached to an aromatic ring is 1. The molecule has 0 unspecified atom stereocenters. The first-order valence-corrected chi connectivity index (χ1v) is 10.2. The van der Waals surface area contributed by atoms with Crippen LogP contribution < -0.4 is 10.6 Å². The summed E-state index contributed by atoms with van der Waals surface area (Å²) in [5.74, 6) is 7.62. The van der Waals surface area contributed by atoms with Gasteiger partial charge in [-0.15, -0.1) is 10.2 Å². The fourth-order valence-electron chi connectivity index (χ4n) is 3.44. The van der Waals surface area contributed by atoms with Crippen molar-refractivity contribution in [3.05, 3.63) is 24.3 Å². The molecule has 1 aromatic heterocycles. The number of ether oxygens (including phenoxy) is 1. The first-order chi connectivity index (χ1) is 13.0. The number of carbonyl (C=O) groups is 1. The second-order valence-electron chi connectivity index (χ2n) is 6.91. The molecule has 1 amide bonds. The average Bonchev–Trinajstić information content (AvgIpc) is 3.07. The Bertz CT molecular complexity index is 771. The normalized spacial score (nSPS) is 16.1. The third-order valence-corrected chi connectivity index (χ3v) is 6.16. The number of amides is 1. The number of aromatic nitrogens is 3. The Balaban J connectivity index is 1.68. The van der Waals surface area contributed by atoms with Crippen molar-refractivity contribution in [2.75, 3.05) is 20.0 Å². The lowest BCUT2D eigenvalue weighted by molar-refractivity contribution is -0.131. The Morgan fingerprint density at radius 1 is 1.26 bits per heavy atom. The first kappa shape index (κ1) is 19.5. The van der Waals surface area contributed by atoms with Crippen molar-refractivity contribution in [1.29, 1.82) is 0 Å². The van der Waals surface area contributed by atoms with E-state index < -0.39 is 0 Å². The molecule has 8 heteroatoms. The number of benzene rings is 1. The van der Waals surface area contributed by atoms with Crippen molar-refractivity contribution >= 4 is 17.7 Å². The van der Waals surface area contributed by atoms with Crippen molar-refractivity contribution in [2.24, 2.45) is 0 Å². The van der Waals surface area contributed by atoms with E-state index in [1.54, 1.807) is 7.11 Å². The molecule has 2 aromatic rings. The van der Waals surface area contributed by atoms with Gasteiger partial charge in [0, 0.05) is 18.7 Å². The van der Waals surface area contributed by atoms with Crippen molar-refractivity contribution in [3.8, 4) is 17.1 Å². The highest BCUT2D eigenvalue weighted by atomic mass is 32.2. The van der Waals surface area contributed by atoms with Gasteiger partial charge in [-0.25, -0.2) is 4.68 Å². The van der Waals surface area contributed by atoms with E-state index in [-0.39, 0.29) is 11.2 Å². The molecule has 0 spiro atoms. The third kappa shape index (κ3) is 4.37. The molecule has 7 nitrogen and oxygen atoms in total. The maximum atomic E-state index is 12.8. The number of methoxy groups -OCH3 is 1. The number of hydrogen-bond donors (Lipinski definition) is 1. The van der Waals surface area contributed by atoms with Crippen molar-refractivity contribution in [1.82, 2.24) is 19.8 Å². The van der Waals surface area contributed by atoms with E-state index in [1.807, 2.05) is 43.1 Å². The second-order valence-corrected chi connectivity index (χ2v) is 8.21. The predicted octanol–water partition coefficient (Wildman–Crippen LogP) is 2.94. The van der Waals surface area contributed by atoms with Gasteiger partial charge in [0.25, 0.3) is 0 Å². The summed E-state index contributed by atoms with van der Waals surface area (Å²) in [7, 11) is 3.53. The number of thioether (sulfide) groups is 1. The Hall–Kier alpha value is -2.22. The van der Waals surface area contributed by atoms with Crippen LogP contribution in [0, 0.1) is 0 Å². The van der Waals surface area contributed by atoms with Crippen LogP contribution in [0.3, 0.4) is 0 Å². The van der Waals surface area contributed by atoms with Crippen LogP contribution in [0.2, 0.25) is 0 Å². The Labute approximate surface area is 164 Å². The van der Waals surface area contributed by atoms with Crippen LogP contribution in [0.5, 0.6) is 5.75 Å². The lowest BCUT2D eigenvalue weighted by Crippen LogP contribution is -2.42. The number of rotatable bonds is 6. The van der Waals surface area contributed by atoms with Gasteiger partial charge < -0.3 is 15.5 Å². The van der Waals surface area contributed by atoms with Crippen molar-refractivity contribution in [3.63, 3.8) is 0 Å². The molecule has 0 bridgehead atoms. The van der Waals surface area contributed by atoms with Gasteiger partial charge >= 0.3 is 0 Å². The lowest BCUT2D eigenvalue weighted by Gasteiger charge is -2.32. The second kappa shape index (κ2) is 8.65. The quantitative estimate of drug-likeness (QED) is 0.604. The zero-order valence-electron chi connectivity index (χ0n) is 16.1. The van der Waals surface area contributed by atoms with Crippen LogP contribution >= 0.6 is 11.8 Å². The summed E-state index contributed by atoms with van der Waals surface area (Å²) in [4.78, 5) is 14.7. The van der Waals surface area contributed by atoms with E-state index in [0.717, 1.165) is 24.2 Å². The number of hydrogen-bond acceptors (Lipinski definition) is 6. The summed E-state index contributed by atoms with van der Waals surface area (Å²) in [6.45, 7) is 1.90. The fraction of sp³-hybridized carbons (Fsp3) is 0.526. The smallest absolute Gasteiger partial charge is 0.235 e. The summed E-state index contributed by atoms with van der Waals surface area (Å²) >= 11 is 1.34. The van der Waals surface area contributed by atoms with Gasteiger partial charge in [-0.05, 0) is 44.0 Å². The largest absolute Gasteiger partial charge is 0.497 e. The number of nitrogens with two attached hydrogens (primary N) is 1. The van der Waals surface area contributed by atoms with E-state index >= 15 is 0 Å². The SMILES string of the molecule is COc1ccc(-c2nnc(S[C@H](C)C(=O)N(C)C3CCCCC3)n2N)cc1. The lowest BCUT2D eigenvalue weighted by atomic mass is 9.94. The summed E-state index contributed by atoms with van der Waals surface area (Å²) in [6, 6.07) is 7.81. The molecule has 2 N–H and O–H groups in total. The van der Waals surface area contributed by atoms with Gasteiger partial charge in [-0.3, -0.25) is 4.79 Å². The molecule has 1 atom stereocenters. The zero-order chi connectivity index (χ0) is 19.4. The van der Waals surface area contributed by atoms with Gasteiger partial charge in [0.1, 0.15) is 5.75 Å². The van der Waals surface area contributed by atoms with E-state index in [2.05, 4.69) is 10.2 Å². The molecule has 1 saturated carbocycles. The topological polar surface area (TPSA) is 86.3 Å². The van der Waals surface area contributed by atoms with Crippen LogP contribution in [0.25, 0.3) is 11.4 Å². The number of carbonyl (C=O) groups excluding carboxylic acids is 1. The molecule has 0 aliphatic heterocycles. The predicted molar refractivity (Wildman–Crippen MR) is 107 cm³/mol. The molecule has 146 valence electrons. The van der Waals surface area contributed by atoms with Gasteiger partial charge in [-0.2, -0.15) is 0 Å². The van der Waals surface area contributed by atoms with E-state index in [4.69, 9.17) is 10.6 Å². The fourth-order valence-corrected chi connectivity index (χ4v) is 4.31. The maximum Gasteiger partial charge on any atom is 0.235 e. The monoisotopic (exact) mass is 389 g/mol. The molecule has 1 aliphatic carbocycles. The summed E-state index contributed by atoms with van der Waals surface area (Å²) < 4.78 is 6.61. The van der Waals surface area contributed by atoms with E-state index in [1.165, 1.54) is 35.7 Å². The maximum absolute atomic E-state index is 12.8. The minimum absolute atomic E-state index is 0.112. The van der Waals surface area contributed by atoms with Gasteiger partial charge in [0.15, 0.2) is 5.82 Å². The minimum Gasteiger partial charge on any atom is -0.497 e. The molecule has 1 aromatic carbocycles. The van der Waals surface area contributed by atoms with Gasteiger partial charge in [0.05, 0.1) is 12.4 Å². The van der Waals surface area contributed by atoms with Crippen LogP contribution in [0.1, 0.15) is 39.0 Å². The minimum atomic E-state index is -0.271. The summed E-state index contributed by atoms with van der Waals surface area (Å²) in [5.41, 5.74) is 0.843. The van der Waals surface area contributed by atoms with Crippen LogP contribution in [0.4, 0.5) is 0 Å². The summed E-state index contributed by atoms with van der Waals surface area (Å²) in [5, 5.41) is 8.62. The van der Waals surface area contributed by atoms with Crippen LogP contribution in [0.15, 0.2) is 29.4 Å². The molecule has 1 aliphatic rings. The highest BCUT2D eigenvalue weighted by molar-refractivity contribution is 8.00. The average molecular weight is 390 g/mol. The number of nitrogens with zero attached hydrogens (tertiary/aromatic N) is 4. The molecule has 27 heavy (non-hydrogen) atoms. The van der Waals surface area contributed by atoms with E-state index in [9.17, 15) is 4.79 Å². The molecular weight excluding hydrogens is 362 g/mol. The molecule has 0 radical (unpaired) electrons. The highest BCUT2D eigenvalue weighted by Crippen LogP contribution is 2.28. The molecular formula is C19H27N5O2S. The molecule has 1 fully saturated rings. The Kier molecular flexibility index (Phi) is 6.26. The van der Waals surface area contributed by atoms with Crippen LogP contribution in [-0.4, -0.2) is 51.1 Å². The zero-order valence-corrected chi connectivity index (χ0v) is 16.9. The highest BCUT2D eigenvalue weighted by Gasteiger charge is 2.27. The molecule has 0 saturated heterocycles. The molecule has 3 rings (SSSR count). The first-order valence-electron chi connectivity index (χ1n) is 9.29.